The van der Waals surface area contributed by atoms with E-state index in [2.05, 4.69) is 12.2 Å². The van der Waals surface area contributed by atoms with Gasteiger partial charge in [0.05, 0.1) is 11.3 Å². The number of anilines is 1. The highest BCUT2D eigenvalue weighted by Gasteiger charge is 2.40. The Balaban J connectivity index is 2.09. The first-order valence-corrected chi connectivity index (χ1v) is 6.00. The van der Waals surface area contributed by atoms with Gasteiger partial charge in [0.15, 0.2) is 5.82 Å². The van der Waals surface area contributed by atoms with Gasteiger partial charge in [-0.2, -0.15) is 0 Å². The van der Waals surface area contributed by atoms with Crippen molar-refractivity contribution in [3.63, 3.8) is 0 Å². The minimum Gasteiger partial charge on any atom is -0.396 e. The zero-order valence-corrected chi connectivity index (χ0v) is 10.2. The minimum absolute atomic E-state index is 0.158. The van der Waals surface area contributed by atoms with E-state index in [0.717, 1.165) is 31.4 Å². The van der Waals surface area contributed by atoms with Crippen LogP contribution in [0.15, 0.2) is 12.1 Å². The molecule has 3 nitrogen and oxygen atoms in total. The second-order valence-electron chi connectivity index (χ2n) is 4.89. The summed E-state index contributed by atoms with van der Waals surface area (Å²) in [7, 11) is 0. The maximum atomic E-state index is 13.6. The van der Waals surface area contributed by atoms with Crippen LogP contribution in [0.3, 0.4) is 0 Å². The number of carbonyl (C=O) groups excluding carboxylic acids is 1. The Bertz CT molecular complexity index is 484. The van der Waals surface area contributed by atoms with Crippen molar-refractivity contribution >= 4 is 11.6 Å². The third kappa shape index (κ3) is 2.44. The highest BCUT2D eigenvalue weighted by atomic mass is 19.1. The molecule has 0 saturated heterocycles. The van der Waals surface area contributed by atoms with Crippen LogP contribution in [0.25, 0.3) is 0 Å². The number of carbonyl (C=O) groups is 1. The van der Waals surface area contributed by atoms with E-state index in [4.69, 9.17) is 5.73 Å². The minimum atomic E-state index is -0.866. The maximum absolute atomic E-state index is 13.6. The van der Waals surface area contributed by atoms with Crippen LogP contribution >= 0.6 is 0 Å². The standard InChI is InChI=1S/C13H16F2N2O/c1-2-13(3-4-13)7-17-12(18)9-5-8(14)6-10(16)11(9)15/h5-6H,2-4,7,16H2,1H3,(H,17,18). The number of nitrogen functional groups attached to an aromatic ring is 1. The molecular weight excluding hydrogens is 238 g/mol. The molecule has 3 N–H and O–H groups in total. The van der Waals surface area contributed by atoms with E-state index < -0.39 is 17.5 Å². The van der Waals surface area contributed by atoms with Gasteiger partial charge in [0.25, 0.3) is 5.91 Å². The molecule has 0 aromatic heterocycles. The SMILES string of the molecule is CCC1(CNC(=O)c2cc(F)cc(N)c2F)CC1. The van der Waals surface area contributed by atoms with Crippen LogP contribution in [-0.2, 0) is 0 Å². The Morgan fingerprint density at radius 1 is 1.44 bits per heavy atom. The van der Waals surface area contributed by atoms with Crippen LogP contribution in [-0.4, -0.2) is 12.5 Å². The molecule has 0 spiro atoms. The van der Waals surface area contributed by atoms with Crippen molar-refractivity contribution in [2.24, 2.45) is 5.41 Å². The average molecular weight is 254 g/mol. The fourth-order valence-electron chi connectivity index (χ4n) is 1.97. The lowest BCUT2D eigenvalue weighted by molar-refractivity contribution is 0.0940. The number of benzene rings is 1. The molecule has 0 bridgehead atoms. The quantitative estimate of drug-likeness (QED) is 0.811. The van der Waals surface area contributed by atoms with Crippen molar-refractivity contribution in [2.75, 3.05) is 12.3 Å². The molecule has 1 saturated carbocycles. The van der Waals surface area contributed by atoms with Crippen LogP contribution in [0.2, 0.25) is 0 Å². The second kappa shape index (κ2) is 4.55. The molecular formula is C13H16F2N2O. The van der Waals surface area contributed by atoms with Gasteiger partial charge in [-0.25, -0.2) is 8.78 Å². The first-order valence-electron chi connectivity index (χ1n) is 6.00. The molecule has 1 aromatic carbocycles. The van der Waals surface area contributed by atoms with Crippen molar-refractivity contribution in [1.82, 2.24) is 5.32 Å². The Morgan fingerprint density at radius 2 is 2.11 bits per heavy atom. The summed E-state index contributed by atoms with van der Waals surface area (Å²) in [5.41, 5.74) is 4.76. The Labute approximate surface area is 104 Å². The van der Waals surface area contributed by atoms with E-state index in [1.54, 1.807) is 0 Å². The number of rotatable bonds is 4. The fourth-order valence-corrected chi connectivity index (χ4v) is 1.97. The zero-order valence-electron chi connectivity index (χ0n) is 10.2. The number of hydrogen-bond acceptors (Lipinski definition) is 2. The van der Waals surface area contributed by atoms with Gasteiger partial charge < -0.3 is 11.1 Å². The molecule has 0 unspecified atom stereocenters. The van der Waals surface area contributed by atoms with Crippen LogP contribution in [0.5, 0.6) is 0 Å². The third-order valence-electron chi connectivity index (χ3n) is 3.64. The summed E-state index contributed by atoms with van der Waals surface area (Å²) in [6.07, 6.45) is 3.11. The topological polar surface area (TPSA) is 55.1 Å². The van der Waals surface area contributed by atoms with Crippen LogP contribution < -0.4 is 11.1 Å². The van der Waals surface area contributed by atoms with Gasteiger partial charge in [-0.1, -0.05) is 6.92 Å². The van der Waals surface area contributed by atoms with E-state index in [0.29, 0.717) is 6.54 Å². The monoisotopic (exact) mass is 254 g/mol. The highest BCUT2D eigenvalue weighted by molar-refractivity contribution is 5.95. The smallest absolute Gasteiger partial charge is 0.254 e. The molecule has 1 aliphatic carbocycles. The van der Waals surface area contributed by atoms with E-state index in [9.17, 15) is 13.6 Å². The summed E-state index contributed by atoms with van der Waals surface area (Å²) in [5.74, 6) is -2.19. The van der Waals surface area contributed by atoms with Crippen molar-refractivity contribution in [2.45, 2.75) is 26.2 Å². The van der Waals surface area contributed by atoms with Crippen molar-refractivity contribution in [3.8, 4) is 0 Å². The molecule has 2 rings (SSSR count). The van der Waals surface area contributed by atoms with Crippen LogP contribution in [0, 0.1) is 17.0 Å². The maximum Gasteiger partial charge on any atom is 0.254 e. The molecule has 0 aliphatic heterocycles. The molecule has 1 amide bonds. The predicted molar refractivity (Wildman–Crippen MR) is 65.1 cm³/mol. The van der Waals surface area contributed by atoms with E-state index in [1.807, 2.05) is 0 Å². The zero-order chi connectivity index (χ0) is 13.3. The van der Waals surface area contributed by atoms with E-state index in [-0.39, 0.29) is 16.7 Å². The van der Waals surface area contributed by atoms with Gasteiger partial charge in [-0.05, 0) is 36.8 Å². The Kier molecular flexibility index (Phi) is 3.24. The summed E-state index contributed by atoms with van der Waals surface area (Å²) in [5, 5.41) is 2.65. The highest BCUT2D eigenvalue weighted by Crippen LogP contribution is 2.47. The summed E-state index contributed by atoms with van der Waals surface area (Å²) in [4.78, 5) is 11.8. The lowest BCUT2D eigenvalue weighted by Gasteiger charge is -2.14. The van der Waals surface area contributed by atoms with Crippen LogP contribution in [0.1, 0.15) is 36.5 Å². The number of hydrogen-bond donors (Lipinski definition) is 2. The van der Waals surface area contributed by atoms with Crippen molar-refractivity contribution in [1.29, 1.82) is 0 Å². The number of nitrogens with one attached hydrogen (secondary N) is 1. The molecule has 1 fully saturated rings. The van der Waals surface area contributed by atoms with E-state index in [1.165, 1.54) is 0 Å². The number of halogens is 2. The summed E-state index contributed by atoms with van der Waals surface area (Å²) >= 11 is 0. The Hall–Kier alpha value is -1.65. The lowest BCUT2D eigenvalue weighted by Crippen LogP contribution is -2.30. The number of amides is 1. The molecule has 0 radical (unpaired) electrons. The second-order valence-corrected chi connectivity index (χ2v) is 4.89. The van der Waals surface area contributed by atoms with Gasteiger partial charge >= 0.3 is 0 Å². The molecule has 0 atom stereocenters. The summed E-state index contributed by atoms with van der Waals surface area (Å²) < 4.78 is 26.7. The third-order valence-corrected chi connectivity index (χ3v) is 3.64. The van der Waals surface area contributed by atoms with Crippen molar-refractivity contribution < 1.29 is 13.6 Å². The molecule has 1 aromatic rings. The predicted octanol–water partition coefficient (Wildman–Crippen LogP) is 2.47. The Morgan fingerprint density at radius 3 is 2.67 bits per heavy atom. The van der Waals surface area contributed by atoms with Crippen molar-refractivity contribution in [3.05, 3.63) is 29.3 Å². The fraction of sp³-hybridized carbons (Fsp3) is 0.462. The molecule has 0 heterocycles. The summed E-state index contributed by atoms with van der Waals surface area (Å²) in [6, 6.07) is 1.73. The lowest BCUT2D eigenvalue weighted by atomic mass is 10.0. The number of nitrogens with two attached hydrogens (primary N) is 1. The van der Waals surface area contributed by atoms with Crippen LogP contribution in [0.4, 0.5) is 14.5 Å². The van der Waals surface area contributed by atoms with Gasteiger partial charge in [0.2, 0.25) is 0 Å². The molecule has 1 aliphatic rings. The first kappa shape index (κ1) is 12.8. The molecule has 18 heavy (non-hydrogen) atoms. The van der Waals surface area contributed by atoms with Gasteiger partial charge in [0, 0.05) is 6.54 Å². The van der Waals surface area contributed by atoms with Gasteiger partial charge in [-0.15, -0.1) is 0 Å². The summed E-state index contributed by atoms with van der Waals surface area (Å²) in [6.45, 7) is 2.55. The first-order chi connectivity index (χ1) is 8.47. The van der Waals surface area contributed by atoms with Gasteiger partial charge in [0.1, 0.15) is 5.82 Å². The average Bonchev–Trinajstić information content (AvgIpc) is 3.11. The van der Waals surface area contributed by atoms with E-state index >= 15 is 0 Å². The largest absolute Gasteiger partial charge is 0.396 e. The normalized spacial score (nSPS) is 16.4. The van der Waals surface area contributed by atoms with Gasteiger partial charge in [-0.3, -0.25) is 4.79 Å². The molecule has 5 heteroatoms. The molecule has 98 valence electrons.